The van der Waals surface area contributed by atoms with Gasteiger partial charge in [-0.2, -0.15) is 5.26 Å². The number of benzene rings is 1. The van der Waals surface area contributed by atoms with Crippen LogP contribution in [0.2, 0.25) is 0 Å². The van der Waals surface area contributed by atoms with Crippen LogP contribution in [0.15, 0.2) is 18.2 Å². The topological polar surface area (TPSA) is 45.0 Å². The van der Waals surface area contributed by atoms with Gasteiger partial charge in [0, 0.05) is 6.04 Å². The maximum atomic E-state index is 8.75. The molecule has 0 aromatic heterocycles. The molecule has 1 aromatic carbocycles. The van der Waals surface area contributed by atoms with Gasteiger partial charge in [-0.1, -0.05) is 12.1 Å². The molecule has 1 unspecified atom stereocenters. The van der Waals surface area contributed by atoms with Crippen molar-refractivity contribution in [2.45, 2.75) is 25.3 Å². The number of rotatable bonds is 3. The summed E-state index contributed by atoms with van der Waals surface area (Å²) >= 11 is 0. The van der Waals surface area contributed by atoms with E-state index in [-0.39, 0.29) is 6.04 Å². The molecule has 84 valence electrons. The molecule has 3 heteroatoms. The first kappa shape index (κ1) is 11.0. The van der Waals surface area contributed by atoms with Crippen LogP contribution in [0.1, 0.15) is 30.0 Å². The van der Waals surface area contributed by atoms with Crippen molar-refractivity contribution in [3.63, 3.8) is 0 Å². The van der Waals surface area contributed by atoms with E-state index in [4.69, 9.17) is 10.00 Å². The first-order valence-electron chi connectivity index (χ1n) is 5.65. The molecular weight excluding hydrogens is 200 g/mol. The maximum absolute atomic E-state index is 8.75. The highest BCUT2D eigenvalue weighted by molar-refractivity contribution is 5.39. The molecule has 0 fully saturated rings. The van der Waals surface area contributed by atoms with E-state index in [0.29, 0.717) is 6.42 Å². The second-order valence-electron chi connectivity index (χ2n) is 4.02. The van der Waals surface area contributed by atoms with E-state index < -0.39 is 0 Å². The highest BCUT2D eigenvalue weighted by Gasteiger charge is 2.14. The minimum Gasteiger partial charge on any atom is -0.493 e. The molecule has 1 aliphatic heterocycles. The van der Waals surface area contributed by atoms with Crippen molar-refractivity contribution in [1.29, 1.82) is 5.26 Å². The minimum atomic E-state index is 0.122. The highest BCUT2D eigenvalue weighted by Crippen LogP contribution is 2.28. The summed E-state index contributed by atoms with van der Waals surface area (Å²) in [5.74, 6) is 1.00. The molecule has 0 bridgehead atoms. The molecular formula is C13H16N2O. The fourth-order valence-electron chi connectivity index (χ4n) is 2.07. The zero-order chi connectivity index (χ0) is 11.4. The molecule has 2 rings (SSSR count). The van der Waals surface area contributed by atoms with E-state index >= 15 is 0 Å². The van der Waals surface area contributed by atoms with E-state index in [1.807, 2.05) is 19.2 Å². The molecule has 3 nitrogen and oxygen atoms in total. The first-order chi connectivity index (χ1) is 7.85. The van der Waals surface area contributed by atoms with E-state index in [1.165, 1.54) is 11.1 Å². The van der Waals surface area contributed by atoms with Crippen LogP contribution in [0.5, 0.6) is 5.75 Å². The number of hydrogen-bond acceptors (Lipinski definition) is 3. The van der Waals surface area contributed by atoms with Crippen LogP contribution in [0.3, 0.4) is 0 Å². The summed E-state index contributed by atoms with van der Waals surface area (Å²) in [6, 6.07) is 8.55. The van der Waals surface area contributed by atoms with Crippen molar-refractivity contribution in [3.8, 4) is 11.8 Å². The molecule has 0 saturated heterocycles. The number of ether oxygens (including phenoxy) is 1. The molecule has 0 amide bonds. The lowest BCUT2D eigenvalue weighted by Gasteiger charge is -2.20. The van der Waals surface area contributed by atoms with Gasteiger partial charge < -0.3 is 10.1 Å². The van der Waals surface area contributed by atoms with Crippen LogP contribution in [0, 0.1) is 11.3 Å². The molecule has 1 aliphatic rings. The predicted molar refractivity (Wildman–Crippen MR) is 62.3 cm³/mol. The fraction of sp³-hybridized carbons (Fsp3) is 0.462. The van der Waals surface area contributed by atoms with Gasteiger partial charge in [-0.25, -0.2) is 0 Å². The number of nitrogens with one attached hydrogen (secondary N) is 1. The summed E-state index contributed by atoms with van der Waals surface area (Å²) in [5, 5.41) is 11.9. The Kier molecular flexibility index (Phi) is 3.43. The summed E-state index contributed by atoms with van der Waals surface area (Å²) in [7, 11) is 1.89. The van der Waals surface area contributed by atoms with Crippen molar-refractivity contribution >= 4 is 0 Å². The van der Waals surface area contributed by atoms with Gasteiger partial charge in [-0.05, 0) is 37.1 Å². The van der Waals surface area contributed by atoms with Crippen LogP contribution >= 0.6 is 0 Å². The number of nitrogens with zero attached hydrogens (tertiary/aromatic N) is 1. The molecule has 16 heavy (non-hydrogen) atoms. The SMILES string of the molecule is CNC(CC#N)c1ccc2c(c1)CCCO2. The molecule has 0 spiro atoms. The third kappa shape index (κ3) is 2.17. The van der Waals surface area contributed by atoms with Crippen molar-refractivity contribution in [3.05, 3.63) is 29.3 Å². The predicted octanol–water partition coefficient (Wildman–Crippen LogP) is 2.19. The normalized spacial score (nSPS) is 15.8. The van der Waals surface area contributed by atoms with Crippen LogP contribution < -0.4 is 10.1 Å². The Morgan fingerprint density at radius 3 is 3.19 bits per heavy atom. The van der Waals surface area contributed by atoms with Gasteiger partial charge >= 0.3 is 0 Å². The molecule has 1 aromatic rings. The molecule has 0 aliphatic carbocycles. The minimum absolute atomic E-state index is 0.122. The average Bonchev–Trinajstić information content (AvgIpc) is 2.35. The van der Waals surface area contributed by atoms with E-state index in [0.717, 1.165) is 25.2 Å². The molecule has 1 heterocycles. The number of aryl methyl sites for hydroxylation is 1. The molecule has 0 saturated carbocycles. The Labute approximate surface area is 96.0 Å². The van der Waals surface area contributed by atoms with Gasteiger partial charge in [-0.15, -0.1) is 0 Å². The summed E-state index contributed by atoms with van der Waals surface area (Å²) in [6.07, 6.45) is 2.65. The van der Waals surface area contributed by atoms with Crippen molar-refractivity contribution in [1.82, 2.24) is 5.32 Å². The summed E-state index contributed by atoms with van der Waals surface area (Å²) in [5.41, 5.74) is 2.44. The maximum Gasteiger partial charge on any atom is 0.122 e. The molecule has 1 atom stereocenters. The first-order valence-corrected chi connectivity index (χ1v) is 5.65. The second kappa shape index (κ2) is 5.00. The summed E-state index contributed by atoms with van der Waals surface area (Å²) in [6.45, 7) is 0.819. The van der Waals surface area contributed by atoms with Crippen molar-refractivity contribution < 1.29 is 4.74 Å². The monoisotopic (exact) mass is 216 g/mol. The standard InChI is InChI=1S/C13H16N2O/c1-15-12(6-7-14)10-4-5-13-11(9-10)3-2-8-16-13/h4-5,9,12,15H,2-3,6,8H2,1H3. The van der Waals surface area contributed by atoms with Gasteiger partial charge in [0.1, 0.15) is 5.75 Å². The largest absolute Gasteiger partial charge is 0.493 e. The van der Waals surface area contributed by atoms with Crippen LogP contribution in [-0.2, 0) is 6.42 Å². The Balaban J connectivity index is 2.25. The fourth-order valence-corrected chi connectivity index (χ4v) is 2.07. The van der Waals surface area contributed by atoms with Crippen molar-refractivity contribution in [2.75, 3.05) is 13.7 Å². The van der Waals surface area contributed by atoms with E-state index in [1.54, 1.807) is 0 Å². The Hall–Kier alpha value is -1.53. The molecule has 0 radical (unpaired) electrons. The number of nitriles is 1. The average molecular weight is 216 g/mol. The van der Waals surface area contributed by atoms with E-state index in [2.05, 4.69) is 17.5 Å². The third-order valence-electron chi connectivity index (χ3n) is 2.98. The zero-order valence-corrected chi connectivity index (χ0v) is 9.49. The van der Waals surface area contributed by atoms with E-state index in [9.17, 15) is 0 Å². The lowest BCUT2D eigenvalue weighted by molar-refractivity contribution is 0.288. The van der Waals surface area contributed by atoms with Gasteiger partial charge in [0.2, 0.25) is 0 Å². The van der Waals surface area contributed by atoms with Crippen LogP contribution in [0.25, 0.3) is 0 Å². The zero-order valence-electron chi connectivity index (χ0n) is 9.49. The lowest BCUT2D eigenvalue weighted by atomic mass is 9.98. The highest BCUT2D eigenvalue weighted by atomic mass is 16.5. The van der Waals surface area contributed by atoms with Crippen LogP contribution in [0.4, 0.5) is 0 Å². The Bertz CT molecular complexity index is 409. The van der Waals surface area contributed by atoms with Crippen molar-refractivity contribution in [2.24, 2.45) is 0 Å². The molecule has 1 N–H and O–H groups in total. The number of fused-ring (bicyclic) bond motifs is 1. The quantitative estimate of drug-likeness (QED) is 0.842. The van der Waals surface area contributed by atoms with Gasteiger partial charge in [0.15, 0.2) is 0 Å². The smallest absolute Gasteiger partial charge is 0.122 e. The number of hydrogen-bond donors (Lipinski definition) is 1. The summed E-state index contributed by atoms with van der Waals surface area (Å²) in [4.78, 5) is 0. The summed E-state index contributed by atoms with van der Waals surface area (Å²) < 4.78 is 5.57. The lowest BCUT2D eigenvalue weighted by Crippen LogP contribution is -2.17. The van der Waals surface area contributed by atoms with Gasteiger partial charge in [-0.3, -0.25) is 0 Å². The second-order valence-corrected chi connectivity index (χ2v) is 4.02. The third-order valence-corrected chi connectivity index (χ3v) is 2.98. The Morgan fingerprint density at radius 2 is 2.44 bits per heavy atom. The van der Waals surface area contributed by atoms with Crippen LogP contribution in [-0.4, -0.2) is 13.7 Å². The van der Waals surface area contributed by atoms with Gasteiger partial charge in [0.25, 0.3) is 0 Å². The van der Waals surface area contributed by atoms with Gasteiger partial charge in [0.05, 0.1) is 19.1 Å². The Morgan fingerprint density at radius 1 is 1.56 bits per heavy atom.